The molecule has 1 nitrogen and oxygen atoms in total. The quantitative estimate of drug-likeness (QED) is 0.657. The van der Waals surface area contributed by atoms with Gasteiger partial charge in [-0.2, -0.15) is 0 Å². The van der Waals surface area contributed by atoms with E-state index in [9.17, 15) is 0 Å². The van der Waals surface area contributed by atoms with Crippen molar-refractivity contribution in [2.75, 3.05) is 0 Å². The van der Waals surface area contributed by atoms with Crippen LogP contribution in [0.4, 0.5) is 0 Å². The third kappa shape index (κ3) is 4.77. The van der Waals surface area contributed by atoms with E-state index in [0.717, 1.165) is 5.75 Å². The summed E-state index contributed by atoms with van der Waals surface area (Å²) in [5.41, 5.74) is 4.22. The first-order valence-corrected chi connectivity index (χ1v) is 8.92. The Balaban J connectivity index is 3.78. The Kier molecular flexibility index (Phi) is 5.54. The first kappa shape index (κ1) is 19.6. The van der Waals surface area contributed by atoms with Gasteiger partial charge in [0.25, 0.3) is 0 Å². The summed E-state index contributed by atoms with van der Waals surface area (Å²) in [7, 11) is 0. The van der Waals surface area contributed by atoms with Gasteiger partial charge in [0, 0.05) is 16.1 Å². The van der Waals surface area contributed by atoms with Crippen LogP contribution in [0.15, 0.2) is 12.1 Å². The maximum atomic E-state index is 6.26. The van der Waals surface area contributed by atoms with Crippen LogP contribution < -0.4 is 4.74 Å². The Morgan fingerprint density at radius 2 is 1.14 bits per heavy atom. The highest BCUT2D eigenvalue weighted by Crippen LogP contribution is 2.43. The van der Waals surface area contributed by atoms with E-state index in [1.54, 1.807) is 0 Å². The molecule has 0 heterocycles. The van der Waals surface area contributed by atoms with Crippen LogP contribution in [0.25, 0.3) is 0 Å². The van der Waals surface area contributed by atoms with E-state index in [4.69, 9.17) is 4.74 Å². The molecule has 1 unspecified atom stereocenters. The molecule has 0 aromatic heterocycles. The largest absolute Gasteiger partial charge is 0.508 e. The molecule has 0 spiro atoms. The molecular weight excluding hydrogens is 283 g/mol. The Bertz CT molecular complexity index is 487. The first-order chi connectivity index (χ1) is 9.64. The van der Waals surface area contributed by atoms with Crippen LogP contribution in [0.3, 0.4) is 0 Å². The number of rotatable bonds is 2. The lowest BCUT2D eigenvalue weighted by atomic mass is 9.75. The van der Waals surface area contributed by atoms with Gasteiger partial charge < -0.3 is 4.74 Å². The summed E-state index contributed by atoms with van der Waals surface area (Å²) >= 11 is 2.75. The molecule has 0 N–H and O–H groups in total. The number of hydrogen-bond donors (Lipinski definition) is 0. The fourth-order valence-corrected chi connectivity index (χ4v) is 2.63. The molecule has 1 rings (SSSR count). The van der Waals surface area contributed by atoms with E-state index in [2.05, 4.69) is 97.7 Å². The van der Waals surface area contributed by atoms with Gasteiger partial charge in [0.1, 0.15) is 5.75 Å². The fourth-order valence-electron chi connectivity index (χ4n) is 2.49. The van der Waals surface area contributed by atoms with Crippen molar-refractivity contribution in [3.8, 4) is 5.75 Å². The Hall–Kier alpha value is -0.448. The fraction of sp³-hybridized carbons (Fsp3) is 0.700. The van der Waals surface area contributed by atoms with Gasteiger partial charge in [0.05, 0.1) is 0 Å². The van der Waals surface area contributed by atoms with E-state index in [-0.39, 0.29) is 21.2 Å². The summed E-state index contributed by atoms with van der Waals surface area (Å²) in [5.74, 6) is 1.07. The lowest BCUT2D eigenvalue weighted by Gasteiger charge is -2.34. The molecule has 2 heteroatoms. The van der Waals surface area contributed by atoms with Crippen LogP contribution in [-0.2, 0) is 16.2 Å². The van der Waals surface area contributed by atoms with Crippen molar-refractivity contribution in [1.29, 1.82) is 0 Å². The Morgan fingerprint density at radius 1 is 0.773 bits per heavy atom. The highest BCUT2D eigenvalue weighted by Gasteiger charge is 2.30. The Morgan fingerprint density at radius 3 is 1.36 bits per heavy atom. The highest BCUT2D eigenvalue weighted by atomic mass is 27.0. The minimum atomic E-state index is 0.0517. The van der Waals surface area contributed by atoms with Crippen LogP contribution in [0.5, 0.6) is 5.75 Å². The van der Waals surface area contributed by atoms with Gasteiger partial charge in [-0.05, 0) is 28.7 Å². The maximum absolute atomic E-state index is 6.26. The number of benzene rings is 1. The van der Waals surface area contributed by atoms with Crippen LogP contribution in [0.2, 0.25) is 0 Å². The van der Waals surface area contributed by atoms with Crippen molar-refractivity contribution in [2.45, 2.75) is 90.4 Å². The molecule has 1 aromatic carbocycles. The molecule has 122 valence electrons. The molecule has 0 fully saturated rings. The minimum Gasteiger partial charge on any atom is -0.508 e. The molecular formula is C20H33AlO. The first-order valence-electron chi connectivity index (χ1n) is 8.26. The molecule has 1 aromatic rings. The number of hydrogen-bond acceptors (Lipinski definition) is 1. The van der Waals surface area contributed by atoms with Crippen molar-refractivity contribution in [3.05, 3.63) is 28.8 Å². The average Bonchev–Trinajstić information content (AvgIpc) is 2.23. The Labute approximate surface area is 146 Å². The molecule has 2 radical (unpaired) electrons. The normalized spacial score (nSPS) is 14.8. The van der Waals surface area contributed by atoms with Crippen LogP contribution in [0, 0.1) is 0 Å². The van der Waals surface area contributed by atoms with E-state index in [0.29, 0.717) is 0 Å². The van der Waals surface area contributed by atoms with Gasteiger partial charge >= 0.3 is 0 Å². The van der Waals surface area contributed by atoms with Crippen LogP contribution in [0.1, 0.15) is 85.9 Å². The van der Waals surface area contributed by atoms with Gasteiger partial charge in [-0.25, -0.2) is 0 Å². The summed E-state index contributed by atoms with van der Waals surface area (Å²) < 4.78 is 6.26. The molecule has 0 saturated carbocycles. The second-order valence-electron chi connectivity index (χ2n) is 9.47. The molecule has 0 aliphatic heterocycles. The van der Waals surface area contributed by atoms with Crippen molar-refractivity contribution in [2.24, 2.45) is 0 Å². The SMILES string of the molecule is C[CH]([Al])Oc1c(C(C)(C)C)cc(C(C)(C)C)cc1C(C)(C)C. The summed E-state index contributed by atoms with van der Waals surface area (Å²) in [6, 6.07) is 4.69. The zero-order valence-corrected chi connectivity index (χ0v) is 17.4. The minimum absolute atomic E-state index is 0.0517. The summed E-state index contributed by atoms with van der Waals surface area (Å²) in [4.78, 5) is 0.0997. The molecule has 22 heavy (non-hydrogen) atoms. The van der Waals surface area contributed by atoms with E-state index >= 15 is 0 Å². The second kappa shape index (κ2) is 6.22. The summed E-state index contributed by atoms with van der Waals surface area (Å²) in [5, 5.41) is 0. The molecule has 0 amide bonds. The summed E-state index contributed by atoms with van der Waals surface area (Å²) in [6.07, 6.45) is 0. The van der Waals surface area contributed by atoms with Crippen molar-refractivity contribution < 1.29 is 4.74 Å². The predicted octanol–water partition coefficient (Wildman–Crippen LogP) is 5.47. The topological polar surface area (TPSA) is 9.23 Å². The zero-order chi connectivity index (χ0) is 17.5. The van der Waals surface area contributed by atoms with Crippen molar-refractivity contribution >= 4 is 16.3 Å². The average molecular weight is 316 g/mol. The molecule has 0 aliphatic rings. The predicted molar refractivity (Wildman–Crippen MR) is 98.4 cm³/mol. The molecule has 1 atom stereocenters. The van der Waals surface area contributed by atoms with Gasteiger partial charge in [-0.1, -0.05) is 74.4 Å². The second-order valence-corrected chi connectivity index (χ2v) is 10.4. The van der Waals surface area contributed by atoms with Crippen molar-refractivity contribution in [3.63, 3.8) is 0 Å². The van der Waals surface area contributed by atoms with Gasteiger partial charge in [-0.15, -0.1) is 0 Å². The standard InChI is InChI=1S/C20H33O.Al/c1-11-21-17-15(19(5,6)7)12-14(18(2,3)4)13-16(17)20(8,9)10;/h11-13H,1-10H3;. The third-order valence-electron chi connectivity index (χ3n) is 3.87. The zero-order valence-electron chi connectivity index (χ0n) is 16.2. The third-order valence-corrected chi connectivity index (χ3v) is 4.01. The maximum Gasteiger partial charge on any atom is 0.192 e. The van der Waals surface area contributed by atoms with Gasteiger partial charge in [0.15, 0.2) is 16.3 Å². The van der Waals surface area contributed by atoms with E-state index in [1.165, 1.54) is 16.7 Å². The monoisotopic (exact) mass is 316 g/mol. The molecule has 0 saturated heterocycles. The lowest BCUT2D eigenvalue weighted by Crippen LogP contribution is -2.25. The van der Waals surface area contributed by atoms with Gasteiger partial charge in [-0.3, -0.25) is 0 Å². The van der Waals surface area contributed by atoms with Crippen molar-refractivity contribution in [1.82, 2.24) is 0 Å². The lowest BCUT2D eigenvalue weighted by molar-refractivity contribution is 0.283. The highest BCUT2D eigenvalue weighted by molar-refractivity contribution is 6.10. The molecule has 0 aliphatic carbocycles. The smallest absolute Gasteiger partial charge is 0.192 e. The van der Waals surface area contributed by atoms with Crippen LogP contribution >= 0.6 is 0 Å². The van der Waals surface area contributed by atoms with Gasteiger partial charge in [0.2, 0.25) is 0 Å². The van der Waals surface area contributed by atoms with E-state index in [1.807, 2.05) is 0 Å². The van der Waals surface area contributed by atoms with Crippen LogP contribution in [-0.4, -0.2) is 21.3 Å². The van der Waals surface area contributed by atoms with E-state index < -0.39 is 0 Å². The number of ether oxygens (including phenoxy) is 1. The molecule has 0 bridgehead atoms. The summed E-state index contributed by atoms with van der Waals surface area (Å²) in [6.45, 7) is 22.5.